The van der Waals surface area contributed by atoms with E-state index in [4.69, 9.17) is 9.47 Å². The average molecular weight is 495 g/mol. The molecule has 0 saturated heterocycles. The van der Waals surface area contributed by atoms with E-state index in [1.165, 1.54) is 25.2 Å². The number of aliphatic imine (C=N–C) groups is 1. The van der Waals surface area contributed by atoms with E-state index in [9.17, 15) is 14.0 Å². The van der Waals surface area contributed by atoms with Crippen molar-refractivity contribution in [3.63, 3.8) is 0 Å². The van der Waals surface area contributed by atoms with Crippen LogP contribution in [0.2, 0.25) is 0 Å². The minimum absolute atomic E-state index is 0.127. The molecule has 2 amide bonds. The van der Waals surface area contributed by atoms with E-state index < -0.39 is 5.82 Å². The van der Waals surface area contributed by atoms with Gasteiger partial charge in [0, 0.05) is 18.8 Å². The Morgan fingerprint density at radius 3 is 2.72 bits per heavy atom. The molecule has 1 aliphatic heterocycles. The number of halogens is 1. The molecule has 2 heterocycles. The molecule has 1 aliphatic rings. The highest BCUT2D eigenvalue weighted by molar-refractivity contribution is 6.04. The van der Waals surface area contributed by atoms with Crippen molar-refractivity contribution in [2.24, 2.45) is 4.99 Å². The third-order valence-electron chi connectivity index (χ3n) is 6.07. The number of aldehydes is 1. The summed E-state index contributed by atoms with van der Waals surface area (Å²) in [5.41, 5.74) is 3.17. The summed E-state index contributed by atoms with van der Waals surface area (Å²) in [5, 5.41) is 2.77. The molecule has 0 bridgehead atoms. The molecule has 36 heavy (non-hydrogen) atoms. The number of carbonyl (C=O) groups is 2. The van der Waals surface area contributed by atoms with Gasteiger partial charge >= 0.3 is 6.03 Å². The van der Waals surface area contributed by atoms with Gasteiger partial charge in [-0.1, -0.05) is 18.7 Å². The van der Waals surface area contributed by atoms with Crippen molar-refractivity contribution >= 4 is 24.0 Å². The second-order valence-corrected chi connectivity index (χ2v) is 8.34. The summed E-state index contributed by atoms with van der Waals surface area (Å²) < 4.78 is 25.3. The maximum absolute atomic E-state index is 14.9. The van der Waals surface area contributed by atoms with Crippen molar-refractivity contribution in [2.45, 2.75) is 39.5 Å². The molecule has 190 valence electrons. The zero-order valence-electron chi connectivity index (χ0n) is 21.1. The van der Waals surface area contributed by atoms with Gasteiger partial charge in [0.1, 0.15) is 23.1 Å². The minimum atomic E-state index is -0.417. The number of amides is 2. The Morgan fingerprint density at radius 2 is 2.06 bits per heavy atom. The number of aromatic nitrogens is 1. The van der Waals surface area contributed by atoms with Crippen LogP contribution in [0.3, 0.4) is 0 Å². The Labute approximate surface area is 210 Å². The Bertz CT molecular complexity index is 1190. The van der Waals surface area contributed by atoms with Crippen LogP contribution in [0.5, 0.6) is 11.5 Å². The van der Waals surface area contributed by atoms with E-state index >= 15 is 0 Å². The molecule has 1 aromatic heterocycles. The molecule has 1 aromatic carbocycles. The first kappa shape index (κ1) is 26.6. The normalized spacial score (nSPS) is 13.6. The molecule has 3 rings (SSSR count). The van der Waals surface area contributed by atoms with E-state index in [2.05, 4.69) is 21.9 Å². The Hall–Kier alpha value is -4.01. The van der Waals surface area contributed by atoms with Crippen LogP contribution in [0.4, 0.5) is 15.0 Å². The highest BCUT2D eigenvalue weighted by Crippen LogP contribution is 2.33. The molecular weight excluding hydrogens is 463 g/mol. The number of fused-ring (bicyclic) bond motifs is 1. The van der Waals surface area contributed by atoms with Crippen molar-refractivity contribution in [3.05, 3.63) is 70.8 Å². The van der Waals surface area contributed by atoms with Crippen molar-refractivity contribution in [2.75, 3.05) is 25.7 Å². The Morgan fingerprint density at radius 1 is 1.31 bits per heavy atom. The lowest BCUT2D eigenvalue weighted by Gasteiger charge is -2.28. The molecule has 0 spiro atoms. The zero-order valence-corrected chi connectivity index (χ0v) is 21.1. The number of allylic oxidation sites excluding steroid dienone is 2. The van der Waals surface area contributed by atoms with E-state index in [1.54, 1.807) is 32.2 Å². The van der Waals surface area contributed by atoms with Crippen molar-refractivity contribution in [1.29, 1.82) is 0 Å². The van der Waals surface area contributed by atoms with E-state index in [0.29, 0.717) is 54.2 Å². The number of carbonyl (C=O) groups excluding carboxylic acids is 2. The van der Waals surface area contributed by atoms with Crippen LogP contribution < -0.4 is 19.7 Å². The average Bonchev–Trinajstić information content (AvgIpc) is 2.89. The monoisotopic (exact) mass is 494 g/mol. The van der Waals surface area contributed by atoms with Gasteiger partial charge in [-0.25, -0.2) is 19.2 Å². The van der Waals surface area contributed by atoms with Gasteiger partial charge < -0.3 is 9.47 Å². The number of urea groups is 1. The fraction of sp³-hybridized carbons (Fsp3) is 0.333. The number of benzene rings is 1. The van der Waals surface area contributed by atoms with Crippen LogP contribution in [0.15, 0.2) is 47.6 Å². The number of pyridine rings is 1. The van der Waals surface area contributed by atoms with E-state index in [1.807, 2.05) is 6.07 Å². The molecule has 0 fully saturated rings. The Balaban J connectivity index is 1.71. The lowest BCUT2D eigenvalue weighted by atomic mass is 9.99. The first-order valence-corrected chi connectivity index (χ1v) is 11.6. The summed E-state index contributed by atoms with van der Waals surface area (Å²) in [6, 6.07) is 4.64. The predicted octanol–water partition coefficient (Wildman–Crippen LogP) is 4.94. The van der Waals surface area contributed by atoms with Gasteiger partial charge in [0.2, 0.25) is 0 Å². The predicted molar refractivity (Wildman–Crippen MR) is 138 cm³/mol. The molecule has 0 atom stereocenters. The van der Waals surface area contributed by atoms with Crippen LogP contribution in [0.1, 0.15) is 46.9 Å². The van der Waals surface area contributed by atoms with Crippen LogP contribution in [-0.2, 0) is 12.8 Å². The summed E-state index contributed by atoms with van der Waals surface area (Å²) in [6.07, 6.45) is 6.36. The lowest BCUT2D eigenvalue weighted by molar-refractivity contribution is 0.111. The van der Waals surface area contributed by atoms with Crippen LogP contribution in [-0.4, -0.2) is 43.9 Å². The number of hydrogen-bond acceptors (Lipinski definition) is 6. The number of ether oxygens (including phenoxy) is 2. The van der Waals surface area contributed by atoms with Crippen molar-refractivity contribution in [1.82, 2.24) is 10.3 Å². The number of amidine groups is 1. The molecule has 0 aliphatic carbocycles. The molecule has 0 radical (unpaired) electrons. The fourth-order valence-corrected chi connectivity index (χ4v) is 4.05. The smallest absolute Gasteiger partial charge is 0.328 e. The number of nitrogens with zero attached hydrogens (tertiary/aromatic N) is 3. The molecule has 0 saturated carbocycles. The topological polar surface area (TPSA) is 93.1 Å². The van der Waals surface area contributed by atoms with Gasteiger partial charge in [0.05, 0.1) is 14.2 Å². The number of rotatable bonds is 8. The van der Waals surface area contributed by atoms with Crippen molar-refractivity contribution in [3.8, 4) is 11.5 Å². The van der Waals surface area contributed by atoms with Gasteiger partial charge in [0.15, 0.2) is 17.9 Å². The molecular formula is C27H31FN4O4. The maximum Gasteiger partial charge on any atom is 0.328 e. The van der Waals surface area contributed by atoms with Crippen molar-refractivity contribution < 1.29 is 23.5 Å². The first-order chi connectivity index (χ1) is 17.3. The summed E-state index contributed by atoms with van der Waals surface area (Å²) in [7, 11) is 2.95. The SMILES string of the molecule is C=C/C(=C\N=C(C)NC(=O)N1CCCc2ccc(C=O)nc21)CCc1c(C)c(OC)cc(OC)c1F. The summed E-state index contributed by atoms with van der Waals surface area (Å²) in [4.78, 5) is 34.2. The minimum Gasteiger partial charge on any atom is -0.496 e. The second kappa shape index (κ2) is 12.1. The highest BCUT2D eigenvalue weighted by Gasteiger charge is 2.24. The molecule has 8 nitrogen and oxygen atoms in total. The Kier molecular flexibility index (Phi) is 8.94. The first-order valence-electron chi connectivity index (χ1n) is 11.6. The number of nitrogens with one attached hydrogen (secondary N) is 1. The molecule has 0 unspecified atom stereocenters. The standard InChI is InChI=1S/C27H31FN4O4/c1-6-19(9-12-22-17(2)23(35-4)14-24(36-5)25(22)28)15-29-18(3)30-27(34)32-13-7-8-20-10-11-21(16-33)31-26(20)32/h6,10-11,14-16H,1,7-9,12-13H2,2-5H3,(H,29,30,34)/b19-15+. The van der Waals surface area contributed by atoms with E-state index in [-0.39, 0.29) is 17.5 Å². The zero-order chi connectivity index (χ0) is 26.2. The van der Waals surface area contributed by atoms with Gasteiger partial charge in [-0.05, 0) is 67.9 Å². The second-order valence-electron chi connectivity index (χ2n) is 8.34. The number of anilines is 1. The number of hydrogen-bond donors (Lipinski definition) is 1. The number of methoxy groups -OCH3 is 2. The third-order valence-corrected chi connectivity index (χ3v) is 6.07. The van der Waals surface area contributed by atoms with Gasteiger partial charge in [-0.15, -0.1) is 0 Å². The lowest BCUT2D eigenvalue weighted by Crippen LogP contribution is -2.45. The summed E-state index contributed by atoms with van der Waals surface area (Å²) in [6.45, 7) is 7.79. The largest absolute Gasteiger partial charge is 0.496 e. The van der Waals surface area contributed by atoms with Gasteiger partial charge in [-0.2, -0.15) is 0 Å². The quantitative estimate of drug-likeness (QED) is 0.243. The highest BCUT2D eigenvalue weighted by atomic mass is 19.1. The summed E-state index contributed by atoms with van der Waals surface area (Å²) in [5.74, 6) is 1.13. The third kappa shape index (κ3) is 5.97. The van der Waals surface area contributed by atoms with E-state index in [0.717, 1.165) is 24.0 Å². The molecule has 9 heteroatoms. The maximum atomic E-state index is 14.9. The fourth-order valence-electron chi connectivity index (χ4n) is 4.05. The molecule has 1 N–H and O–H groups in total. The van der Waals surface area contributed by atoms with Crippen LogP contribution in [0, 0.1) is 12.7 Å². The van der Waals surface area contributed by atoms with Gasteiger partial charge in [0.25, 0.3) is 0 Å². The van der Waals surface area contributed by atoms with Crippen LogP contribution >= 0.6 is 0 Å². The summed E-state index contributed by atoms with van der Waals surface area (Å²) >= 11 is 0. The van der Waals surface area contributed by atoms with Crippen LogP contribution in [0.25, 0.3) is 0 Å². The van der Waals surface area contributed by atoms with Gasteiger partial charge in [-0.3, -0.25) is 15.0 Å². The number of aryl methyl sites for hydroxylation is 1. The molecule has 2 aromatic rings.